The van der Waals surface area contributed by atoms with Gasteiger partial charge in [0.05, 0.1) is 7.11 Å². The summed E-state index contributed by atoms with van der Waals surface area (Å²) in [6.45, 7) is 0. The van der Waals surface area contributed by atoms with Crippen molar-refractivity contribution in [2.24, 2.45) is 0 Å². The van der Waals surface area contributed by atoms with E-state index in [4.69, 9.17) is 14.5 Å². The van der Waals surface area contributed by atoms with Crippen molar-refractivity contribution in [1.82, 2.24) is 10.3 Å². The van der Waals surface area contributed by atoms with Crippen molar-refractivity contribution < 1.29 is 85.9 Å². The number of hydrogen-bond acceptors (Lipinski definition) is 3. The summed E-state index contributed by atoms with van der Waals surface area (Å²) in [6, 6.07) is 6.85. The van der Waals surface area contributed by atoms with Crippen LogP contribution in [0.25, 0.3) is 10.9 Å². The van der Waals surface area contributed by atoms with Gasteiger partial charge in [-0.2, -0.15) is 0 Å². The number of aromatic nitrogens is 1. The van der Waals surface area contributed by atoms with Crippen LogP contribution in [0.3, 0.4) is 0 Å². The van der Waals surface area contributed by atoms with Crippen molar-refractivity contribution in [2.75, 3.05) is 13.4 Å². The molecule has 0 fully saturated rings. The maximum atomic E-state index is 11.7. The van der Waals surface area contributed by atoms with Crippen LogP contribution in [0.5, 0.6) is 5.75 Å². The van der Waals surface area contributed by atoms with Gasteiger partial charge in [0.15, 0.2) is 0 Å². The van der Waals surface area contributed by atoms with E-state index in [-0.39, 0.29) is 67.7 Å². The van der Waals surface area contributed by atoms with E-state index in [0.717, 1.165) is 10.9 Å². The van der Waals surface area contributed by atoms with Gasteiger partial charge in [0, 0.05) is 10.9 Å². The molecular weight excluding hydrogens is 317 g/mol. The summed E-state index contributed by atoms with van der Waals surface area (Å²) in [6.07, 6.45) is -0.690. The Bertz CT molecular complexity index is 679. The largest absolute Gasteiger partial charge is 1.00 e. The maximum absolute atomic E-state index is 11.7. The van der Waals surface area contributed by atoms with E-state index < -0.39 is 19.8 Å². The molecule has 1 amide bonds. The van der Waals surface area contributed by atoms with E-state index in [1.807, 2.05) is 0 Å². The minimum absolute atomic E-state index is 0. The minimum atomic E-state index is -4.25. The molecule has 0 saturated carbocycles. The van der Waals surface area contributed by atoms with Crippen LogP contribution in [0.4, 0.5) is 0 Å². The number of carbonyl (C=O) groups excluding carboxylic acids is 1. The molecule has 2 rings (SSSR count). The van der Waals surface area contributed by atoms with Crippen LogP contribution in [0.2, 0.25) is 0 Å². The fourth-order valence-electron chi connectivity index (χ4n) is 1.63. The molecule has 0 aliphatic carbocycles. The molecule has 0 bridgehead atoms. The van der Waals surface area contributed by atoms with Gasteiger partial charge in [-0.25, -0.2) is 0 Å². The minimum Gasteiger partial charge on any atom is -1.00 e. The molecular formula is C11H15N2Na2O5P. The smallest absolute Gasteiger partial charge is 1.00 e. The van der Waals surface area contributed by atoms with Gasteiger partial charge < -0.3 is 27.7 Å². The summed E-state index contributed by atoms with van der Waals surface area (Å²) in [5, 5.41) is 2.94. The van der Waals surface area contributed by atoms with Gasteiger partial charge in [-0.05, 0) is 24.3 Å². The van der Waals surface area contributed by atoms with E-state index in [1.165, 1.54) is 0 Å². The molecule has 10 heteroatoms. The zero-order chi connectivity index (χ0) is 14.0. The Kier molecular flexibility index (Phi) is 8.79. The van der Waals surface area contributed by atoms with Crippen molar-refractivity contribution in [3.05, 3.63) is 30.0 Å². The molecule has 1 aromatic heterocycles. The first kappa shape index (κ1) is 21.2. The van der Waals surface area contributed by atoms with Crippen LogP contribution in [-0.2, 0) is 4.57 Å². The number of rotatable bonds is 4. The van der Waals surface area contributed by atoms with Crippen LogP contribution in [-0.4, -0.2) is 34.1 Å². The summed E-state index contributed by atoms with van der Waals surface area (Å²) < 4.78 is 15.7. The standard InChI is InChI=1S/C11H13N2O5P.2Na.2H/c1-18-8-2-3-9-7(4-8)5-10(13-9)11(14)12-6-19(15,16)17;;;;/h2-5,13H,6H2,1H3,(H,12,14)(H2,15,16,17);;;;/q;2*+1;2*-1. The molecule has 106 valence electrons. The third-order valence-electron chi connectivity index (χ3n) is 2.52. The van der Waals surface area contributed by atoms with Crippen LogP contribution in [0.1, 0.15) is 13.3 Å². The monoisotopic (exact) mass is 332 g/mol. The first-order chi connectivity index (χ1) is 8.89. The second kappa shape index (κ2) is 8.72. The van der Waals surface area contributed by atoms with Gasteiger partial charge in [-0.15, -0.1) is 0 Å². The topological polar surface area (TPSA) is 112 Å². The Balaban J connectivity index is -0.000001000. The van der Waals surface area contributed by atoms with E-state index >= 15 is 0 Å². The van der Waals surface area contributed by atoms with Crippen LogP contribution in [0.15, 0.2) is 24.3 Å². The Morgan fingerprint density at radius 2 is 2.05 bits per heavy atom. The molecule has 0 aliphatic heterocycles. The molecule has 0 saturated heterocycles. The number of aromatic amines is 1. The number of methoxy groups -OCH3 is 1. The average molecular weight is 332 g/mol. The van der Waals surface area contributed by atoms with E-state index in [2.05, 4.69) is 10.3 Å². The van der Waals surface area contributed by atoms with Crippen molar-refractivity contribution in [3.8, 4) is 5.75 Å². The zero-order valence-corrected chi connectivity index (χ0v) is 17.0. The maximum Gasteiger partial charge on any atom is 1.00 e. The molecule has 0 atom stereocenters. The predicted molar refractivity (Wildman–Crippen MR) is 71.5 cm³/mol. The second-order valence-electron chi connectivity index (χ2n) is 3.96. The van der Waals surface area contributed by atoms with Crippen LogP contribution >= 0.6 is 7.60 Å². The first-order valence-corrected chi connectivity index (χ1v) is 7.18. The van der Waals surface area contributed by atoms with Crippen LogP contribution < -0.4 is 69.2 Å². The molecule has 0 unspecified atom stereocenters. The summed E-state index contributed by atoms with van der Waals surface area (Å²) in [4.78, 5) is 31.9. The third kappa shape index (κ3) is 6.06. The number of hydrogen-bond donors (Lipinski definition) is 4. The summed E-state index contributed by atoms with van der Waals surface area (Å²) in [7, 11) is -2.71. The fourth-order valence-corrected chi connectivity index (χ4v) is 1.98. The van der Waals surface area contributed by atoms with Crippen LogP contribution in [0, 0.1) is 0 Å². The molecule has 7 nitrogen and oxygen atoms in total. The number of nitrogens with one attached hydrogen (secondary N) is 2. The molecule has 1 heterocycles. The van der Waals surface area contributed by atoms with E-state index in [0.29, 0.717) is 5.75 Å². The van der Waals surface area contributed by atoms with Crippen molar-refractivity contribution in [1.29, 1.82) is 0 Å². The van der Waals surface area contributed by atoms with Crippen molar-refractivity contribution in [3.63, 3.8) is 0 Å². The number of H-pyrrole nitrogens is 1. The van der Waals surface area contributed by atoms with Gasteiger partial charge in [0.2, 0.25) is 0 Å². The van der Waals surface area contributed by atoms with Crippen molar-refractivity contribution >= 4 is 24.4 Å². The number of carbonyl (C=O) groups is 1. The van der Waals surface area contributed by atoms with Gasteiger partial charge >= 0.3 is 66.7 Å². The average Bonchev–Trinajstić information content (AvgIpc) is 2.77. The van der Waals surface area contributed by atoms with Gasteiger partial charge in [0.25, 0.3) is 5.91 Å². The number of amides is 1. The third-order valence-corrected chi connectivity index (χ3v) is 3.09. The first-order valence-electron chi connectivity index (χ1n) is 5.38. The number of ether oxygens (including phenoxy) is 1. The quantitative estimate of drug-likeness (QED) is 0.332. The predicted octanol–water partition coefficient (Wildman–Crippen LogP) is -4.73. The normalized spacial score (nSPS) is 10.4. The molecule has 21 heavy (non-hydrogen) atoms. The Morgan fingerprint density at radius 3 is 2.62 bits per heavy atom. The fraction of sp³-hybridized carbons (Fsp3) is 0.182. The van der Waals surface area contributed by atoms with Gasteiger partial charge in [-0.1, -0.05) is 0 Å². The Hall–Kier alpha value is 0.180. The SMILES string of the molecule is COc1ccc2[nH]c(C(=O)NCP(=O)(O)O)cc2c1.[H-].[H-].[Na+].[Na+]. The molecule has 2 aromatic rings. The Labute approximate surface area is 168 Å². The van der Waals surface area contributed by atoms with E-state index in [1.54, 1.807) is 31.4 Å². The number of benzene rings is 1. The zero-order valence-electron chi connectivity index (χ0n) is 14.1. The summed E-state index contributed by atoms with van der Waals surface area (Å²) in [5.41, 5.74) is 0.971. The number of fused-ring (bicyclic) bond motifs is 1. The summed E-state index contributed by atoms with van der Waals surface area (Å²) >= 11 is 0. The molecule has 1 aromatic carbocycles. The molecule has 0 aliphatic rings. The van der Waals surface area contributed by atoms with Gasteiger partial charge in [0.1, 0.15) is 17.7 Å². The van der Waals surface area contributed by atoms with E-state index in [9.17, 15) is 9.36 Å². The molecule has 4 N–H and O–H groups in total. The van der Waals surface area contributed by atoms with Crippen molar-refractivity contribution in [2.45, 2.75) is 0 Å². The second-order valence-corrected chi connectivity index (χ2v) is 5.61. The molecule has 0 spiro atoms. The summed E-state index contributed by atoms with van der Waals surface area (Å²) in [5.74, 6) is 0.0900. The van der Waals surface area contributed by atoms with Gasteiger partial charge in [-0.3, -0.25) is 9.36 Å². The molecule has 0 radical (unpaired) electrons. The Morgan fingerprint density at radius 1 is 1.38 bits per heavy atom.